The molecule has 232 valence electrons. The van der Waals surface area contributed by atoms with Gasteiger partial charge in [0.25, 0.3) is 0 Å². The predicted octanol–water partition coefficient (Wildman–Crippen LogP) is 5.09. The third kappa shape index (κ3) is 8.56. The Morgan fingerprint density at radius 1 is 1.05 bits per heavy atom. The van der Waals surface area contributed by atoms with Gasteiger partial charge in [0, 0.05) is 21.3 Å². The van der Waals surface area contributed by atoms with Crippen LogP contribution in [0.5, 0.6) is 17.2 Å². The predicted molar refractivity (Wildman–Crippen MR) is 166 cm³/mol. The Morgan fingerprint density at radius 2 is 1.82 bits per heavy atom. The number of ether oxygens (including phenoxy) is 4. The summed E-state index contributed by atoms with van der Waals surface area (Å²) in [6.07, 6.45) is 0.292. The summed E-state index contributed by atoms with van der Waals surface area (Å²) in [7, 11) is 1.27. The van der Waals surface area contributed by atoms with E-state index in [9.17, 15) is 14.7 Å². The van der Waals surface area contributed by atoms with Crippen molar-refractivity contribution in [3.05, 3.63) is 98.7 Å². The molecular formula is C31H32Cl2N4O7. The standard InChI is InChI=1S/C31H32Cl2N4O7/c1-4-42-26-14-20(29-28(30(39)41-3)18(2)35-31(40)36-29)8-10-25(26)44-17-27(38)37-34-15-21-13-23(33)9-11-24(21)43-16-19-6-5-7-22(32)12-19/h5-15,27,29,37-38H,4,16-17H2,1-3H3,(H2,35,36,40)/b34-15+/t27-,29-/m1/s1. The van der Waals surface area contributed by atoms with Gasteiger partial charge in [-0.2, -0.15) is 5.10 Å². The first kappa shape index (κ1) is 32.5. The summed E-state index contributed by atoms with van der Waals surface area (Å²) in [5.41, 5.74) is 5.33. The minimum absolute atomic E-state index is 0.180. The summed E-state index contributed by atoms with van der Waals surface area (Å²) in [6.45, 7) is 3.86. The van der Waals surface area contributed by atoms with Gasteiger partial charge in [-0.05, 0) is 67.4 Å². The number of hydrazone groups is 1. The second kappa shape index (κ2) is 15.3. The quantitative estimate of drug-likeness (QED) is 0.0875. The van der Waals surface area contributed by atoms with Crippen molar-refractivity contribution in [2.24, 2.45) is 5.10 Å². The zero-order valence-electron chi connectivity index (χ0n) is 24.2. The van der Waals surface area contributed by atoms with Crippen molar-refractivity contribution >= 4 is 41.4 Å². The molecule has 0 saturated carbocycles. The summed E-state index contributed by atoms with van der Waals surface area (Å²) < 4.78 is 22.4. The van der Waals surface area contributed by atoms with Gasteiger partial charge in [-0.3, -0.25) is 5.43 Å². The number of benzene rings is 3. The summed E-state index contributed by atoms with van der Waals surface area (Å²) in [5.74, 6) is 0.659. The number of allylic oxidation sites excluding steroid dienone is 1. The monoisotopic (exact) mass is 642 g/mol. The van der Waals surface area contributed by atoms with E-state index >= 15 is 0 Å². The van der Waals surface area contributed by atoms with Gasteiger partial charge in [-0.25, -0.2) is 9.59 Å². The first-order chi connectivity index (χ1) is 21.2. The van der Waals surface area contributed by atoms with Crippen molar-refractivity contribution in [3.8, 4) is 17.2 Å². The lowest BCUT2D eigenvalue weighted by molar-refractivity contribution is -0.136. The molecule has 44 heavy (non-hydrogen) atoms. The SMILES string of the molecule is CCOc1cc([C@H]2NC(=O)NC(C)=C2C(=O)OC)ccc1OC[C@@H](O)N/N=C/c1cc(Cl)ccc1OCc1cccc(Cl)c1. The molecule has 0 spiro atoms. The number of halogens is 2. The second-order valence-corrected chi connectivity index (χ2v) is 10.4. The first-order valence-corrected chi connectivity index (χ1v) is 14.3. The van der Waals surface area contributed by atoms with Gasteiger partial charge in [0.2, 0.25) is 0 Å². The highest BCUT2D eigenvalue weighted by molar-refractivity contribution is 6.31. The van der Waals surface area contributed by atoms with Crippen LogP contribution in [0.4, 0.5) is 4.79 Å². The van der Waals surface area contributed by atoms with Gasteiger partial charge in [0.15, 0.2) is 17.7 Å². The molecule has 4 rings (SSSR count). The fourth-order valence-corrected chi connectivity index (χ4v) is 4.75. The van der Waals surface area contributed by atoms with Crippen molar-refractivity contribution in [3.63, 3.8) is 0 Å². The third-order valence-electron chi connectivity index (χ3n) is 6.35. The fraction of sp³-hybridized carbons (Fsp3) is 0.258. The Kier molecular flexibility index (Phi) is 11.3. The zero-order valence-corrected chi connectivity index (χ0v) is 25.7. The molecular weight excluding hydrogens is 611 g/mol. The number of hydrogen-bond donors (Lipinski definition) is 4. The Labute approximate surface area is 264 Å². The molecule has 2 amide bonds. The summed E-state index contributed by atoms with van der Waals surface area (Å²) in [5, 5.41) is 21.0. The number of methoxy groups -OCH3 is 1. The van der Waals surface area contributed by atoms with Crippen molar-refractivity contribution in [2.45, 2.75) is 32.7 Å². The molecule has 0 aromatic heterocycles. The van der Waals surface area contributed by atoms with Crippen LogP contribution in [0.25, 0.3) is 0 Å². The van der Waals surface area contributed by atoms with Crippen LogP contribution in [0, 0.1) is 0 Å². The van der Waals surface area contributed by atoms with Crippen molar-refractivity contribution in [1.82, 2.24) is 16.1 Å². The number of carbonyl (C=O) groups excluding carboxylic acids is 2. The summed E-state index contributed by atoms with van der Waals surface area (Å²) in [6, 6.07) is 16.2. The average molecular weight is 644 g/mol. The van der Waals surface area contributed by atoms with Crippen LogP contribution in [0.15, 0.2) is 77.0 Å². The van der Waals surface area contributed by atoms with E-state index in [4.69, 9.17) is 42.1 Å². The number of esters is 1. The number of nitrogens with one attached hydrogen (secondary N) is 3. The lowest BCUT2D eigenvalue weighted by Crippen LogP contribution is -2.45. The normalized spacial score (nSPS) is 15.3. The van der Waals surface area contributed by atoms with E-state index in [1.54, 1.807) is 56.3 Å². The smallest absolute Gasteiger partial charge is 0.337 e. The molecule has 3 aromatic carbocycles. The molecule has 0 radical (unpaired) electrons. The lowest BCUT2D eigenvalue weighted by atomic mass is 9.95. The maximum Gasteiger partial charge on any atom is 0.337 e. The van der Waals surface area contributed by atoms with Crippen LogP contribution in [0.1, 0.15) is 36.6 Å². The molecule has 11 nitrogen and oxygen atoms in total. The van der Waals surface area contributed by atoms with Crippen molar-refractivity contribution < 1.29 is 33.6 Å². The number of aliphatic hydroxyl groups is 1. The van der Waals surface area contributed by atoms with Crippen molar-refractivity contribution in [2.75, 3.05) is 20.3 Å². The number of hydrogen-bond acceptors (Lipinski definition) is 9. The topological polar surface area (TPSA) is 140 Å². The van der Waals surface area contributed by atoms with E-state index in [0.29, 0.717) is 50.7 Å². The van der Waals surface area contributed by atoms with E-state index in [1.165, 1.54) is 13.3 Å². The zero-order chi connectivity index (χ0) is 31.6. The molecule has 2 atom stereocenters. The molecule has 1 aliphatic rings. The molecule has 0 aliphatic carbocycles. The van der Waals surface area contributed by atoms with Gasteiger partial charge in [-0.15, -0.1) is 0 Å². The van der Waals surface area contributed by atoms with E-state index < -0.39 is 24.3 Å². The maximum absolute atomic E-state index is 12.4. The molecule has 0 unspecified atom stereocenters. The first-order valence-electron chi connectivity index (χ1n) is 13.6. The minimum atomic E-state index is -1.18. The fourth-order valence-electron chi connectivity index (χ4n) is 4.35. The van der Waals surface area contributed by atoms with Gasteiger partial charge in [-0.1, -0.05) is 41.4 Å². The Bertz CT molecular complexity index is 1560. The van der Waals surface area contributed by atoms with Crippen LogP contribution >= 0.6 is 23.2 Å². The number of nitrogens with zero attached hydrogens (tertiary/aromatic N) is 1. The molecule has 1 heterocycles. The van der Waals surface area contributed by atoms with Gasteiger partial charge in [0.05, 0.1) is 31.5 Å². The van der Waals surface area contributed by atoms with Crippen LogP contribution < -0.4 is 30.3 Å². The average Bonchev–Trinajstić information content (AvgIpc) is 2.99. The van der Waals surface area contributed by atoms with Crippen molar-refractivity contribution in [1.29, 1.82) is 0 Å². The molecule has 3 aromatic rings. The maximum atomic E-state index is 12.4. The number of aliphatic hydroxyl groups excluding tert-OH is 1. The highest BCUT2D eigenvalue weighted by atomic mass is 35.5. The molecule has 13 heteroatoms. The number of carbonyl (C=O) groups is 2. The molecule has 0 fully saturated rings. The Balaban J connectivity index is 1.40. The lowest BCUT2D eigenvalue weighted by Gasteiger charge is -2.28. The van der Waals surface area contributed by atoms with Gasteiger partial charge < -0.3 is 34.7 Å². The highest BCUT2D eigenvalue weighted by Gasteiger charge is 2.32. The Morgan fingerprint density at radius 3 is 2.57 bits per heavy atom. The van der Waals surface area contributed by atoms with E-state index in [-0.39, 0.29) is 18.8 Å². The number of amides is 2. The summed E-state index contributed by atoms with van der Waals surface area (Å²) in [4.78, 5) is 24.6. The highest BCUT2D eigenvalue weighted by Crippen LogP contribution is 2.35. The molecule has 4 N–H and O–H groups in total. The van der Waals surface area contributed by atoms with Crippen LogP contribution in [-0.2, 0) is 16.1 Å². The molecule has 1 aliphatic heterocycles. The largest absolute Gasteiger partial charge is 0.490 e. The van der Waals surface area contributed by atoms with E-state index in [2.05, 4.69) is 21.2 Å². The minimum Gasteiger partial charge on any atom is -0.490 e. The summed E-state index contributed by atoms with van der Waals surface area (Å²) >= 11 is 12.2. The van der Waals surface area contributed by atoms with E-state index in [0.717, 1.165) is 5.56 Å². The van der Waals surface area contributed by atoms with Gasteiger partial charge in [0.1, 0.15) is 19.0 Å². The number of rotatable bonds is 13. The van der Waals surface area contributed by atoms with Gasteiger partial charge >= 0.3 is 12.0 Å². The van der Waals surface area contributed by atoms with E-state index in [1.807, 2.05) is 18.2 Å². The third-order valence-corrected chi connectivity index (χ3v) is 6.82. The molecule has 0 bridgehead atoms. The Hall–Kier alpha value is -4.45. The second-order valence-electron chi connectivity index (χ2n) is 9.52. The molecule has 0 saturated heterocycles. The van der Waals surface area contributed by atoms with Crippen LogP contribution in [-0.4, -0.2) is 49.9 Å². The van der Waals surface area contributed by atoms with Crippen LogP contribution in [0.2, 0.25) is 10.0 Å². The van der Waals surface area contributed by atoms with Crippen LogP contribution in [0.3, 0.4) is 0 Å². The number of urea groups is 1.